The van der Waals surface area contributed by atoms with Crippen LogP contribution >= 0.6 is 0 Å². The van der Waals surface area contributed by atoms with Crippen molar-refractivity contribution in [3.05, 3.63) is 0 Å². The molecule has 5 rings (SSSR count). The normalized spacial score (nSPS) is 50.3. The summed E-state index contributed by atoms with van der Waals surface area (Å²) >= 11 is 0. The Labute approximate surface area is 208 Å². The molecule has 5 aliphatic rings. The number of aliphatic hydroxyl groups excluding tert-OH is 2. The summed E-state index contributed by atoms with van der Waals surface area (Å²) in [5.74, 6) is 0.544. The van der Waals surface area contributed by atoms with Crippen LogP contribution < -0.4 is 0 Å². The quantitative estimate of drug-likeness (QED) is 0.508. The summed E-state index contributed by atoms with van der Waals surface area (Å²) < 4.78 is 20.4. The summed E-state index contributed by atoms with van der Waals surface area (Å²) in [4.78, 5) is 0. The Morgan fingerprint density at radius 2 is 1.65 bits per heavy atom. The van der Waals surface area contributed by atoms with Gasteiger partial charge in [0, 0.05) is 5.41 Å². The van der Waals surface area contributed by atoms with Crippen LogP contribution in [0.4, 0.5) is 0 Å². The van der Waals surface area contributed by atoms with Crippen LogP contribution in [0.5, 0.6) is 0 Å². The van der Waals surface area contributed by atoms with Gasteiger partial charge >= 0.3 is 0 Å². The third-order valence-electron chi connectivity index (χ3n) is 11.6. The van der Waals surface area contributed by atoms with Gasteiger partial charge in [0.15, 0.2) is 14.1 Å². The molecule has 196 valence electrons. The fourth-order valence-corrected chi connectivity index (χ4v) is 10.5. The molecular weight excluding hydrogens is 444 g/mol. The van der Waals surface area contributed by atoms with Gasteiger partial charge in [-0.15, -0.1) is 0 Å². The van der Waals surface area contributed by atoms with Crippen molar-refractivity contribution in [1.29, 1.82) is 0 Å². The molecule has 1 saturated heterocycles. The molecule has 0 aromatic rings. The van der Waals surface area contributed by atoms with E-state index in [4.69, 9.17) is 13.9 Å². The van der Waals surface area contributed by atoms with E-state index in [1.54, 1.807) is 0 Å². The highest BCUT2D eigenvalue weighted by molar-refractivity contribution is 6.74. The van der Waals surface area contributed by atoms with Gasteiger partial charge in [-0.05, 0) is 93.2 Å². The van der Waals surface area contributed by atoms with Crippen molar-refractivity contribution in [2.45, 2.75) is 135 Å². The first-order chi connectivity index (χ1) is 15.7. The highest BCUT2D eigenvalue weighted by atomic mass is 28.4. The molecule has 4 saturated carbocycles. The van der Waals surface area contributed by atoms with Gasteiger partial charge in [-0.25, -0.2) is 0 Å². The predicted octanol–water partition coefficient (Wildman–Crippen LogP) is 5.49. The van der Waals surface area contributed by atoms with Crippen LogP contribution in [0.2, 0.25) is 18.1 Å². The molecule has 0 aromatic carbocycles. The molecule has 1 aliphatic heterocycles. The largest absolute Gasteiger partial charge is 0.413 e. The molecular formula is C28H50O5Si. The van der Waals surface area contributed by atoms with Crippen LogP contribution in [-0.4, -0.2) is 55.3 Å². The van der Waals surface area contributed by atoms with E-state index in [-0.39, 0.29) is 47.2 Å². The van der Waals surface area contributed by atoms with E-state index in [1.807, 2.05) is 0 Å². The number of aliphatic hydroxyl groups is 2. The molecule has 34 heavy (non-hydrogen) atoms. The third-order valence-corrected chi connectivity index (χ3v) is 16.1. The molecule has 0 bridgehead atoms. The minimum Gasteiger partial charge on any atom is -0.413 e. The van der Waals surface area contributed by atoms with Crippen LogP contribution in [0.25, 0.3) is 0 Å². The molecule has 0 amide bonds. The SMILES string of the molecule is CC1(C)OC2C(O1)C1CCCC[C@]1(C)C1C(O)CC3(CO)C(O[Si](C)(C)C(C)(C)C)CCC3C21. The topological polar surface area (TPSA) is 68.2 Å². The van der Waals surface area contributed by atoms with Crippen molar-refractivity contribution < 1.29 is 24.1 Å². The second-order valence-electron chi connectivity index (χ2n) is 14.7. The lowest BCUT2D eigenvalue weighted by molar-refractivity contribution is -0.228. The molecule has 5 nitrogen and oxygen atoms in total. The fourth-order valence-electron chi connectivity index (χ4n) is 9.10. The van der Waals surface area contributed by atoms with Crippen LogP contribution in [0.3, 0.4) is 0 Å². The minimum absolute atomic E-state index is 0.00431. The first-order valence-electron chi connectivity index (χ1n) is 14.0. The molecule has 2 N–H and O–H groups in total. The standard InChI is InChI=1S/C28H50O5Si/c1-25(2,3)34(7,8)33-20-13-12-17-21-22(19(30)15-28(17,20)16-29)27(6)14-10-9-11-18(27)23-24(21)32-26(4,5)31-23/h17-24,29-30H,9-16H2,1-8H3/t17?,18?,19?,20?,21?,22?,23?,24?,27-,28?/m0/s1. The second kappa shape index (κ2) is 8.01. The van der Waals surface area contributed by atoms with Gasteiger partial charge in [-0.3, -0.25) is 0 Å². The number of hydrogen-bond donors (Lipinski definition) is 2. The monoisotopic (exact) mass is 494 g/mol. The van der Waals surface area contributed by atoms with E-state index >= 15 is 0 Å². The van der Waals surface area contributed by atoms with Gasteiger partial charge in [0.25, 0.3) is 0 Å². The summed E-state index contributed by atoms with van der Waals surface area (Å²) in [5.41, 5.74) is -0.331. The maximum Gasteiger partial charge on any atom is 0.192 e. The highest BCUT2D eigenvalue weighted by Crippen LogP contribution is 2.69. The van der Waals surface area contributed by atoms with Gasteiger partial charge in [-0.2, -0.15) is 0 Å². The van der Waals surface area contributed by atoms with Crippen LogP contribution in [0.1, 0.15) is 86.5 Å². The van der Waals surface area contributed by atoms with Gasteiger partial charge in [-0.1, -0.05) is 40.5 Å². The number of rotatable bonds is 3. The lowest BCUT2D eigenvalue weighted by Crippen LogP contribution is -2.67. The Morgan fingerprint density at radius 3 is 2.29 bits per heavy atom. The summed E-state index contributed by atoms with van der Waals surface area (Å²) in [6, 6.07) is 0. The molecule has 6 heteroatoms. The van der Waals surface area contributed by atoms with Crippen LogP contribution in [0, 0.1) is 34.5 Å². The van der Waals surface area contributed by atoms with Crippen molar-refractivity contribution in [1.82, 2.24) is 0 Å². The minimum atomic E-state index is -2.02. The Bertz CT molecular complexity index is 792. The third kappa shape index (κ3) is 3.56. The van der Waals surface area contributed by atoms with Gasteiger partial charge in [0.05, 0.1) is 31.0 Å². The maximum atomic E-state index is 11.9. The van der Waals surface area contributed by atoms with Gasteiger partial charge in [0.1, 0.15) is 0 Å². The Morgan fingerprint density at radius 1 is 0.971 bits per heavy atom. The Kier molecular flexibility index (Phi) is 6.04. The van der Waals surface area contributed by atoms with E-state index in [0.29, 0.717) is 18.3 Å². The van der Waals surface area contributed by atoms with Crippen molar-refractivity contribution >= 4 is 8.32 Å². The van der Waals surface area contributed by atoms with Crippen molar-refractivity contribution in [3.63, 3.8) is 0 Å². The average molecular weight is 495 g/mol. The van der Waals surface area contributed by atoms with Crippen molar-refractivity contribution in [2.75, 3.05) is 6.61 Å². The molecule has 5 fully saturated rings. The summed E-state index contributed by atoms with van der Waals surface area (Å²) in [6.45, 7) is 18.1. The Balaban J connectivity index is 1.55. The smallest absolute Gasteiger partial charge is 0.192 e. The van der Waals surface area contributed by atoms with Crippen LogP contribution in [0.15, 0.2) is 0 Å². The zero-order valence-electron chi connectivity index (χ0n) is 22.9. The molecule has 4 aliphatic carbocycles. The van der Waals surface area contributed by atoms with E-state index in [0.717, 1.165) is 19.3 Å². The second-order valence-corrected chi connectivity index (χ2v) is 19.5. The first-order valence-corrected chi connectivity index (χ1v) is 16.9. The lowest BCUT2D eigenvalue weighted by Gasteiger charge is -2.64. The lowest BCUT2D eigenvalue weighted by atomic mass is 9.43. The van der Waals surface area contributed by atoms with E-state index in [2.05, 4.69) is 54.6 Å². The zero-order valence-corrected chi connectivity index (χ0v) is 23.9. The van der Waals surface area contributed by atoms with Crippen LogP contribution in [-0.2, 0) is 13.9 Å². The van der Waals surface area contributed by atoms with Crippen molar-refractivity contribution in [2.24, 2.45) is 34.5 Å². The fraction of sp³-hybridized carbons (Fsp3) is 1.00. The highest BCUT2D eigenvalue weighted by Gasteiger charge is 2.71. The molecule has 0 spiro atoms. The molecule has 0 aromatic heterocycles. The van der Waals surface area contributed by atoms with Crippen molar-refractivity contribution in [3.8, 4) is 0 Å². The van der Waals surface area contributed by atoms with Gasteiger partial charge in [0.2, 0.25) is 0 Å². The molecule has 0 radical (unpaired) electrons. The summed E-state index contributed by atoms with van der Waals surface area (Å²) in [7, 11) is -2.02. The summed E-state index contributed by atoms with van der Waals surface area (Å²) in [5, 5.41) is 23.1. The maximum absolute atomic E-state index is 11.9. The summed E-state index contributed by atoms with van der Waals surface area (Å²) in [6.07, 6.45) is 7.11. The number of ether oxygens (including phenoxy) is 2. The average Bonchev–Trinajstić information content (AvgIpc) is 3.23. The molecule has 9 unspecified atom stereocenters. The van der Waals surface area contributed by atoms with E-state index in [1.165, 1.54) is 19.3 Å². The number of fused-ring (bicyclic) bond motifs is 8. The van der Waals surface area contributed by atoms with E-state index < -0.39 is 25.6 Å². The van der Waals surface area contributed by atoms with E-state index in [9.17, 15) is 10.2 Å². The molecule has 1 heterocycles. The predicted molar refractivity (Wildman–Crippen MR) is 136 cm³/mol. The Hall–Kier alpha value is 0.0169. The zero-order chi connectivity index (χ0) is 24.9. The molecule has 10 atom stereocenters. The van der Waals surface area contributed by atoms with Gasteiger partial charge < -0.3 is 24.1 Å². The first kappa shape index (κ1) is 25.7. The number of hydrogen-bond acceptors (Lipinski definition) is 5.